The number of fused-ring (bicyclic) bond motifs is 2. The smallest absolute Gasteiger partial charge is 0.264 e. The Morgan fingerprint density at radius 1 is 1.26 bits per heavy atom. The molecule has 6 heteroatoms. The summed E-state index contributed by atoms with van der Waals surface area (Å²) in [6.45, 7) is 3.12. The molecule has 1 atom stereocenters. The normalized spacial score (nSPS) is 20.3. The quantitative estimate of drug-likeness (QED) is 0.869. The predicted molar refractivity (Wildman–Crippen MR) is 105 cm³/mol. The van der Waals surface area contributed by atoms with Crippen molar-refractivity contribution in [2.75, 3.05) is 26.2 Å². The Morgan fingerprint density at radius 3 is 2.96 bits per heavy atom. The number of carbonyl (C=O) groups is 1. The van der Waals surface area contributed by atoms with Gasteiger partial charge in [-0.2, -0.15) is 0 Å². The molecule has 1 N–H and O–H groups in total. The molecule has 1 fully saturated rings. The molecule has 2 aliphatic heterocycles. The Morgan fingerprint density at radius 2 is 2.11 bits per heavy atom. The first-order chi connectivity index (χ1) is 13.2. The van der Waals surface area contributed by atoms with Crippen molar-refractivity contribution in [3.63, 3.8) is 0 Å². The van der Waals surface area contributed by atoms with Crippen molar-refractivity contribution in [2.24, 2.45) is 0 Å². The average molecular weight is 382 g/mol. The van der Waals surface area contributed by atoms with Crippen LogP contribution in [-0.4, -0.2) is 48.1 Å². The van der Waals surface area contributed by atoms with E-state index in [4.69, 9.17) is 16.3 Å². The van der Waals surface area contributed by atoms with Gasteiger partial charge < -0.3 is 15.0 Å². The summed E-state index contributed by atoms with van der Waals surface area (Å²) in [6, 6.07) is 5.85. The van der Waals surface area contributed by atoms with E-state index in [-0.39, 0.29) is 5.91 Å². The van der Waals surface area contributed by atoms with Crippen LogP contribution in [0.25, 0.3) is 17.2 Å². The third-order valence-electron chi connectivity index (χ3n) is 5.46. The number of piperazine rings is 1. The van der Waals surface area contributed by atoms with Crippen molar-refractivity contribution in [3.8, 4) is 16.9 Å². The highest BCUT2D eigenvalue weighted by Gasteiger charge is 2.35. The standard InChI is InChI=1S/C21H20ClN3O2/c22-14-10-13-11-19(21(26)25-8-6-23-7-9-25)27-20(13)17(12-14)15-4-5-24-18-3-1-2-16(15)18/h1-2,4-5,10,12,19,23H,3,6-9,11H2/t19-/m1/s1. The first kappa shape index (κ1) is 16.8. The van der Waals surface area contributed by atoms with E-state index in [2.05, 4.69) is 22.5 Å². The zero-order valence-electron chi connectivity index (χ0n) is 14.9. The highest BCUT2D eigenvalue weighted by Crippen LogP contribution is 2.43. The number of pyridine rings is 1. The molecule has 138 valence electrons. The molecule has 5 nitrogen and oxygen atoms in total. The Kier molecular flexibility index (Phi) is 4.14. The van der Waals surface area contributed by atoms with Gasteiger partial charge in [0, 0.05) is 66.9 Å². The van der Waals surface area contributed by atoms with E-state index in [0.717, 1.165) is 66.3 Å². The number of rotatable bonds is 2. The summed E-state index contributed by atoms with van der Waals surface area (Å²) in [7, 11) is 0. The summed E-state index contributed by atoms with van der Waals surface area (Å²) in [5.41, 5.74) is 5.18. The molecule has 1 saturated heterocycles. The number of ether oxygens (including phenoxy) is 1. The summed E-state index contributed by atoms with van der Waals surface area (Å²) in [5.74, 6) is 0.844. The van der Waals surface area contributed by atoms with Crippen molar-refractivity contribution in [1.29, 1.82) is 0 Å². The van der Waals surface area contributed by atoms with Gasteiger partial charge in [0.1, 0.15) is 5.75 Å². The molecule has 5 rings (SSSR count). The molecule has 0 bridgehead atoms. The first-order valence-electron chi connectivity index (χ1n) is 9.34. The molecule has 0 spiro atoms. The minimum absolute atomic E-state index is 0.0645. The van der Waals surface area contributed by atoms with Crippen molar-refractivity contribution in [1.82, 2.24) is 15.2 Å². The van der Waals surface area contributed by atoms with Crippen LogP contribution in [-0.2, 0) is 17.6 Å². The van der Waals surface area contributed by atoms with Crippen LogP contribution in [0.1, 0.15) is 16.8 Å². The summed E-state index contributed by atoms with van der Waals surface area (Å²) in [5, 5.41) is 3.94. The number of aromatic nitrogens is 1. The first-order valence-corrected chi connectivity index (χ1v) is 9.72. The summed E-state index contributed by atoms with van der Waals surface area (Å²) in [4.78, 5) is 19.3. The second kappa shape index (κ2) is 6.66. The zero-order valence-corrected chi connectivity index (χ0v) is 15.6. The van der Waals surface area contributed by atoms with E-state index < -0.39 is 6.10 Å². The van der Waals surface area contributed by atoms with Crippen molar-refractivity contribution in [2.45, 2.75) is 18.9 Å². The number of hydrogen-bond donors (Lipinski definition) is 1. The third kappa shape index (κ3) is 2.91. The van der Waals surface area contributed by atoms with Gasteiger partial charge in [-0.05, 0) is 23.8 Å². The van der Waals surface area contributed by atoms with Crippen LogP contribution in [0.5, 0.6) is 5.75 Å². The lowest BCUT2D eigenvalue weighted by molar-refractivity contribution is -0.138. The molecule has 2 aromatic rings. The zero-order chi connectivity index (χ0) is 18.4. The van der Waals surface area contributed by atoms with Gasteiger partial charge >= 0.3 is 0 Å². The van der Waals surface area contributed by atoms with Gasteiger partial charge in [0.25, 0.3) is 5.91 Å². The van der Waals surface area contributed by atoms with Crippen LogP contribution in [0, 0.1) is 0 Å². The SMILES string of the molecule is O=C([C@H]1Cc2cc(Cl)cc(-c3ccnc4c3C=CC4)c2O1)N1CCNCC1. The number of halogens is 1. The van der Waals surface area contributed by atoms with Crippen LogP contribution < -0.4 is 10.1 Å². The lowest BCUT2D eigenvalue weighted by Gasteiger charge is -2.29. The number of benzene rings is 1. The van der Waals surface area contributed by atoms with Gasteiger partial charge in [-0.25, -0.2) is 0 Å². The molecule has 3 aliphatic rings. The van der Waals surface area contributed by atoms with Crippen molar-refractivity contribution in [3.05, 3.63) is 52.3 Å². The molecule has 0 radical (unpaired) electrons. The Labute approximate surface area is 163 Å². The molecule has 1 aromatic heterocycles. The van der Waals surface area contributed by atoms with Crippen molar-refractivity contribution >= 4 is 23.6 Å². The largest absolute Gasteiger partial charge is 0.479 e. The van der Waals surface area contributed by atoms with Crippen LogP contribution in [0.2, 0.25) is 5.02 Å². The van der Waals surface area contributed by atoms with Crippen LogP contribution in [0.3, 0.4) is 0 Å². The summed E-state index contributed by atoms with van der Waals surface area (Å²) < 4.78 is 6.21. The van der Waals surface area contributed by atoms with Gasteiger partial charge in [0.15, 0.2) is 6.10 Å². The van der Waals surface area contributed by atoms with Gasteiger partial charge in [0.05, 0.1) is 5.69 Å². The molecule has 1 aliphatic carbocycles. The molecular weight excluding hydrogens is 362 g/mol. The molecular formula is C21H20ClN3O2. The predicted octanol–water partition coefficient (Wildman–Crippen LogP) is 2.71. The molecule has 27 heavy (non-hydrogen) atoms. The third-order valence-corrected chi connectivity index (χ3v) is 5.68. The fourth-order valence-electron chi connectivity index (χ4n) is 4.14. The number of carbonyl (C=O) groups excluding carboxylic acids is 1. The summed E-state index contributed by atoms with van der Waals surface area (Å²) in [6.07, 6.45) is 6.98. The molecule has 0 unspecified atom stereocenters. The Bertz CT molecular complexity index is 951. The number of amides is 1. The van der Waals surface area contributed by atoms with E-state index in [1.54, 1.807) is 0 Å². The molecule has 1 amide bonds. The fourth-order valence-corrected chi connectivity index (χ4v) is 4.38. The summed E-state index contributed by atoms with van der Waals surface area (Å²) >= 11 is 6.41. The lowest BCUT2D eigenvalue weighted by Crippen LogP contribution is -2.50. The van der Waals surface area contributed by atoms with E-state index in [9.17, 15) is 4.79 Å². The highest BCUT2D eigenvalue weighted by atomic mass is 35.5. The van der Waals surface area contributed by atoms with Crippen LogP contribution >= 0.6 is 11.6 Å². The number of allylic oxidation sites excluding steroid dienone is 1. The van der Waals surface area contributed by atoms with E-state index in [1.807, 2.05) is 29.3 Å². The van der Waals surface area contributed by atoms with Gasteiger partial charge in [-0.15, -0.1) is 0 Å². The fraction of sp³-hybridized carbons (Fsp3) is 0.333. The molecule has 1 aromatic carbocycles. The van der Waals surface area contributed by atoms with E-state index >= 15 is 0 Å². The maximum atomic E-state index is 12.9. The second-order valence-electron chi connectivity index (χ2n) is 7.15. The molecule has 3 heterocycles. The van der Waals surface area contributed by atoms with Gasteiger partial charge in [-0.1, -0.05) is 23.8 Å². The van der Waals surface area contributed by atoms with E-state index in [0.29, 0.717) is 11.4 Å². The second-order valence-corrected chi connectivity index (χ2v) is 7.59. The number of nitrogens with one attached hydrogen (secondary N) is 1. The number of nitrogens with zero attached hydrogens (tertiary/aromatic N) is 2. The Balaban J connectivity index is 1.51. The van der Waals surface area contributed by atoms with Crippen LogP contribution in [0.4, 0.5) is 0 Å². The van der Waals surface area contributed by atoms with Gasteiger partial charge in [0.2, 0.25) is 0 Å². The Hall–Kier alpha value is -2.37. The highest BCUT2D eigenvalue weighted by molar-refractivity contribution is 6.31. The number of hydrogen-bond acceptors (Lipinski definition) is 4. The maximum absolute atomic E-state index is 12.9. The minimum atomic E-state index is -0.472. The lowest BCUT2D eigenvalue weighted by atomic mass is 9.97. The van der Waals surface area contributed by atoms with Crippen molar-refractivity contribution < 1.29 is 9.53 Å². The van der Waals surface area contributed by atoms with Crippen LogP contribution in [0.15, 0.2) is 30.5 Å². The topological polar surface area (TPSA) is 54.5 Å². The average Bonchev–Trinajstić information content (AvgIpc) is 3.34. The minimum Gasteiger partial charge on any atom is -0.479 e. The molecule has 0 saturated carbocycles. The monoisotopic (exact) mass is 381 g/mol. The van der Waals surface area contributed by atoms with E-state index in [1.165, 1.54) is 0 Å². The van der Waals surface area contributed by atoms with Gasteiger partial charge in [-0.3, -0.25) is 9.78 Å². The maximum Gasteiger partial charge on any atom is 0.264 e.